The number of nitrogens with two attached hydrogens (primary N) is 1. The lowest BCUT2D eigenvalue weighted by Gasteiger charge is -2.07. The summed E-state index contributed by atoms with van der Waals surface area (Å²) in [4.78, 5) is 5.06. The minimum absolute atomic E-state index is 0.397. The summed E-state index contributed by atoms with van der Waals surface area (Å²) in [5.41, 5.74) is 5.43. The number of rotatable bonds is 3. The number of halogens is 3. The van der Waals surface area contributed by atoms with Crippen LogP contribution in [0.4, 0.5) is 13.2 Å². The van der Waals surface area contributed by atoms with Crippen molar-refractivity contribution in [1.82, 2.24) is 4.98 Å². The maximum atomic E-state index is 12.5. The molecule has 0 saturated carbocycles. The molecule has 0 saturated heterocycles. The van der Waals surface area contributed by atoms with Crippen molar-refractivity contribution in [2.24, 2.45) is 5.73 Å². The Hall–Kier alpha value is -1.40. The molecule has 1 heterocycles. The molecule has 6 heteroatoms. The van der Waals surface area contributed by atoms with Crippen LogP contribution in [0.15, 0.2) is 30.5 Å². The van der Waals surface area contributed by atoms with Crippen LogP contribution in [0.3, 0.4) is 0 Å². The smallest absolute Gasteiger partial charge is 0.326 e. The fraction of sp³-hybridized carbons (Fsp3) is 0.250. The first kappa shape index (κ1) is 13.0. The zero-order valence-corrected chi connectivity index (χ0v) is 10.2. The Bertz CT molecular complexity index is 534. The Morgan fingerprint density at radius 1 is 1.28 bits per heavy atom. The fourth-order valence-electron chi connectivity index (χ4n) is 1.56. The molecule has 96 valence electrons. The van der Waals surface area contributed by atoms with E-state index in [0.29, 0.717) is 18.5 Å². The third kappa shape index (κ3) is 3.08. The van der Waals surface area contributed by atoms with E-state index in [1.165, 1.54) is 17.4 Å². The van der Waals surface area contributed by atoms with E-state index in [4.69, 9.17) is 5.73 Å². The molecule has 2 nitrogen and oxygen atoms in total. The van der Waals surface area contributed by atoms with E-state index in [-0.39, 0.29) is 0 Å². The number of thiazole rings is 1. The summed E-state index contributed by atoms with van der Waals surface area (Å²) in [7, 11) is 0. The maximum absolute atomic E-state index is 12.5. The van der Waals surface area contributed by atoms with E-state index in [9.17, 15) is 13.2 Å². The lowest BCUT2D eigenvalue weighted by molar-refractivity contribution is -0.137. The van der Waals surface area contributed by atoms with Gasteiger partial charge in [0.1, 0.15) is 0 Å². The molecule has 0 amide bonds. The lowest BCUT2D eigenvalue weighted by Crippen LogP contribution is -2.05. The predicted molar refractivity (Wildman–Crippen MR) is 64.3 cm³/mol. The summed E-state index contributed by atoms with van der Waals surface area (Å²) in [6, 6.07) is 5.30. The average Bonchev–Trinajstić information content (AvgIpc) is 2.76. The molecule has 0 aliphatic heterocycles. The van der Waals surface area contributed by atoms with Crippen LogP contribution in [0.2, 0.25) is 0 Å². The summed E-state index contributed by atoms with van der Waals surface area (Å²) in [5.74, 6) is 0. The summed E-state index contributed by atoms with van der Waals surface area (Å²) in [6.07, 6.45) is -2.25. The standard InChI is InChI=1S/C12H11F3N2S/c13-12(14,15)9-3-1-2-8(4-9)5-11-17-7-10(6-16)18-11/h1-4,7H,5-6,16H2. The highest BCUT2D eigenvalue weighted by Gasteiger charge is 2.30. The summed E-state index contributed by atoms with van der Waals surface area (Å²) < 4.78 is 37.6. The van der Waals surface area contributed by atoms with Gasteiger partial charge >= 0.3 is 6.18 Å². The van der Waals surface area contributed by atoms with Gasteiger partial charge in [-0.1, -0.05) is 18.2 Å². The number of alkyl halides is 3. The molecule has 1 aromatic carbocycles. The molecule has 0 aliphatic rings. The van der Waals surface area contributed by atoms with Gasteiger partial charge in [0.15, 0.2) is 0 Å². The van der Waals surface area contributed by atoms with Crippen LogP contribution in [0, 0.1) is 0 Å². The van der Waals surface area contributed by atoms with Crippen LogP contribution < -0.4 is 5.73 Å². The molecule has 0 unspecified atom stereocenters. The minimum atomic E-state index is -4.30. The second-order valence-electron chi connectivity index (χ2n) is 3.80. The quantitative estimate of drug-likeness (QED) is 0.931. The van der Waals surface area contributed by atoms with Gasteiger partial charge in [0.25, 0.3) is 0 Å². The van der Waals surface area contributed by atoms with Gasteiger partial charge in [0, 0.05) is 24.0 Å². The summed E-state index contributed by atoms with van der Waals surface area (Å²) >= 11 is 1.42. The first-order valence-electron chi connectivity index (χ1n) is 5.29. The average molecular weight is 272 g/mol. The van der Waals surface area contributed by atoms with Crippen molar-refractivity contribution < 1.29 is 13.2 Å². The van der Waals surface area contributed by atoms with Crippen molar-refractivity contribution in [2.75, 3.05) is 0 Å². The Labute approximate surface area is 106 Å². The van der Waals surface area contributed by atoms with E-state index in [2.05, 4.69) is 4.98 Å². The van der Waals surface area contributed by atoms with E-state index >= 15 is 0 Å². The number of hydrogen-bond acceptors (Lipinski definition) is 3. The van der Waals surface area contributed by atoms with Gasteiger partial charge in [-0.15, -0.1) is 11.3 Å². The van der Waals surface area contributed by atoms with Crippen LogP contribution in [-0.4, -0.2) is 4.98 Å². The van der Waals surface area contributed by atoms with E-state index in [1.807, 2.05) is 0 Å². The monoisotopic (exact) mass is 272 g/mol. The minimum Gasteiger partial charge on any atom is -0.326 e. The largest absolute Gasteiger partial charge is 0.416 e. The van der Waals surface area contributed by atoms with Crippen LogP contribution in [0.1, 0.15) is 21.0 Å². The van der Waals surface area contributed by atoms with Crippen LogP contribution in [-0.2, 0) is 19.1 Å². The highest BCUT2D eigenvalue weighted by Crippen LogP contribution is 2.30. The maximum Gasteiger partial charge on any atom is 0.416 e. The predicted octanol–water partition coefficient (Wildman–Crippen LogP) is 3.21. The van der Waals surface area contributed by atoms with E-state index < -0.39 is 11.7 Å². The molecule has 1 aromatic heterocycles. The molecular formula is C12H11F3N2S. The van der Waals surface area contributed by atoms with Gasteiger partial charge in [0.2, 0.25) is 0 Å². The summed E-state index contributed by atoms with van der Waals surface area (Å²) in [5, 5.41) is 0.773. The number of hydrogen-bond donors (Lipinski definition) is 1. The third-order valence-corrected chi connectivity index (χ3v) is 3.43. The van der Waals surface area contributed by atoms with Crippen LogP contribution in [0.5, 0.6) is 0 Å². The lowest BCUT2D eigenvalue weighted by atomic mass is 10.1. The van der Waals surface area contributed by atoms with Gasteiger partial charge in [-0.05, 0) is 11.6 Å². The highest BCUT2D eigenvalue weighted by molar-refractivity contribution is 7.11. The summed E-state index contributed by atoms with van der Waals surface area (Å²) in [6.45, 7) is 0.403. The molecule has 0 aliphatic carbocycles. The third-order valence-electron chi connectivity index (χ3n) is 2.41. The molecule has 0 radical (unpaired) electrons. The van der Waals surface area contributed by atoms with Gasteiger partial charge in [-0.3, -0.25) is 0 Å². The molecule has 2 rings (SSSR count). The molecule has 2 aromatic rings. The Morgan fingerprint density at radius 2 is 2.06 bits per heavy atom. The topological polar surface area (TPSA) is 38.9 Å². The zero-order valence-electron chi connectivity index (χ0n) is 9.37. The highest BCUT2D eigenvalue weighted by atomic mass is 32.1. The van der Waals surface area contributed by atoms with Gasteiger partial charge in [-0.25, -0.2) is 4.98 Å². The SMILES string of the molecule is NCc1cnc(Cc2cccc(C(F)(F)F)c2)s1. The molecular weight excluding hydrogens is 261 g/mol. The first-order valence-corrected chi connectivity index (χ1v) is 6.10. The normalized spacial score (nSPS) is 11.8. The van der Waals surface area contributed by atoms with Crippen LogP contribution in [0.25, 0.3) is 0 Å². The fourth-order valence-corrected chi connectivity index (χ4v) is 2.39. The van der Waals surface area contributed by atoms with E-state index in [1.54, 1.807) is 12.3 Å². The van der Waals surface area contributed by atoms with Crippen molar-refractivity contribution in [2.45, 2.75) is 19.1 Å². The molecule has 0 spiro atoms. The number of nitrogens with zero attached hydrogens (tertiary/aromatic N) is 1. The van der Waals surface area contributed by atoms with Crippen molar-refractivity contribution in [1.29, 1.82) is 0 Å². The van der Waals surface area contributed by atoms with Crippen molar-refractivity contribution in [3.63, 3.8) is 0 Å². The Morgan fingerprint density at radius 3 is 2.67 bits per heavy atom. The van der Waals surface area contributed by atoms with Gasteiger partial charge in [0.05, 0.1) is 10.6 Å². The Balaban J connectivity index is 2.19. The van der Waals surface area contributed by atoms with Crippen molar-refractivity contribution in [3.8, 4) is 0 Å². The Kier molecular flexibility index (Phi) is 3.68. The van der Waals surface area contributed by atoms with E-state index in [0.717, 1.165) is 22.0 Å². The zero-order chi connectivity index (χ0) is 13.2. The number of benzene rings is 1. The van der Waals surface area contributed by atoms with Gasteiger partial charge < -0.3 is 5.73 Å². The first-order chi connectivity index (χ1) is 8.49. The molecule has 18 heavy (non-hydrogen) atoms. The number of aromatic nitrogens is 1. The molecule has 0 atom stereocenters. The molecule has 2 N–H and O–H groups in total. The molecule has 0 bridgehead atoms. The second kappa shape index (κ2) is 5.07. The van der Waals surface area contributed by atoms with Crippen molar-refractivity contribution >= 4 is 11.3 Å². The molecule has 0 fully saturated rings. The van der Waals surface area contributed by atoms with Crippen molar-refractivity contribution in [3.05, 3.63) is 51.5 Å². The van der Waals surface area contributed by atoms with Gasteiger partial charge in [-0.2, -0.15) is 13.2 Å². The second-order valence-corrected chi connectivity index (χ2v) is 5.00. The van der Waals surface area contributed by atoms with Crippen LogP contribution >= 0.6 is 11.3 Å².